The van der Waals surface area contributed by atoms with Gasteiger partial charge in [0.15, 0.2) is 0 Å². The normalized spacial score (nSPS) is 10.6. The number of hydrogen-bond acceptors (Lipinski definition) is 2. The Kier molecular flexibility index (Phi) is 2.40. The summed E-state index contributed by atoms with van der Waals surface area (Å²) in [6.45, 7) is 0. The standard InChI is InChI=1S/C10H5ClFNO3/c11-8-6-4(12)2-1-3-5(6)13-9(14)7(8)10(15)16/h1-3H,(H,13,14)(H,15,16). The zero-order chi connectivity index (χ0) is 11.9. The summed E-state index contributed by atoms with van der Waals surface area (Å²) >= 11 is 5.71. The lowest BCUT2D eigenvalue weighted by molar-refractivity contribution is 0.0695. The minimum atomic E-state index is -1.49. The third-order valence-corrected chi connectivity index (χ3v) is 2.52. The maximum Gasteiger partial charge on any atom is 0.342 e. The Morgan fingerprint density at radius 1 is 1.44 bits per heavy atom. The Balaban J connectivity index is 3.03. The second kappa shape index (κ2) is 3.61. The fourth-order valence-corrected chi connectivity index (χ4v) is 1.81. The Morgan fingerprint density at radius 2 is 2.12 bits per heavy atom. The van der Waals surface area contributed by atoms with Gasteiger partial charge in [0.25, 0.3) is 5.56 Å². The van der Waals surface area contributed by atoms with E-state index in [1.54, 1.807) is 0 Å². The third-order valence-electron chi connectivity index (χ3n) is 2.14. The SMILES string of the molecule is O=C(O)c1c(Cl)c2c(F)cccc2[nH]c1=O. The van der Waals surface area contributed by atoms with E-state index in [0.29, 0.717) is 0 Å². The molecule has 0 aliphatic carbocycles. The fourth-order valence-electron chi connectivity index (χ4n) is 1.45. The number of carboxylic acids is 1. The largest absolute Gasteiger partial charge is 0.477 e. The highest BCUT2D eigenvalue weighted by atomic mass is 35.5. The molecule has 0 atom stereocenters. The maximum atomic E-state index is 13.4. The summed E-state index contributed by atoms with van der Waals surface area (Å²) in [6, 6.07) is 3.97. The highest BCUT2D eigenvalue weighted by Crippen LogP contribution is 2.25. The van der Waals surface area contributed by atoms with Gasteiger partial charge in [0, 0.05) is 0 Å². The number of nitrogens with one attached hydrogen (secondary N) is 1. The van der Waals surface area contributed by atoms with E-state index in [-0.39, 0.29) is 15.9 Å². The minimum absolute atomic E-state index is 0.0961. The molecule has 0 unspecified atom stereocenters. The average molecular weight is 242 g/mol. The number of fused-ring (bicyclic) bond motifs is 1. The van der Waals surface area contributed by atoms with Crippen LogP contribution in [0.5, 0.6) is 0 Å². The van der Waals surface area contributed by atoms with Gasteiger partial charge in [0.2, 0.25) is 0 Å². The summed E-state index contributed by atoms with van der Waals surface area (Å²) in [5.74, 6) is -2.17. The number of carboxylic acid groups (broad SMARTS) is 1. The average Bonchev–Trinajstić information content (AvgIpc) is 2.15. The molecule has 0 aliphatic heterocycles. The number of H-pyrrole nitrogens is 1. The lowest BCUT2D eigenvalue weighted by atomic mass is 10.1. The van der Waals surface area contributed by atoms with Crippen LogP contribution in [-0.4, -0.2) is 16.1 Å². The van der Waals surface area contributed by atoms with Crippen LogP contribution in [0.4, 0.5) is 4.39 Å². The second-order valence-electron chi connectivity index (χ2n) is 3.11. The predicted molar refractivity (Wildman–Crippen MR) is 56.5 cm³/mol. The summed E-state index contributed by atoms with van der Waals surface area (Å²) in [7, 11) is 0. The van der Waals surface area contributed by atoms with Gasteiger partial charge in [-0.25, -0.2) is 9.18 Å². The predicted octanol–water partition coefficient (Wildman–Crippen LogP) is 2.02. The molecule has 2 rings (SSSR count). The molecule has 2 N–H and O–H groups in total. The first kappa shape index (κ1) is 10.6. The van der Waals surface area contributed by atoms with Crippen LogP contribution in [0, 0.1) is 5.82 Å². The van der Waals surface area contributed by atoms with Gasteiger partial charge < -0.3 is 10.1 Å². The van der Waals surface area contributed by atoms with Gasteiger partial charge in [-0.1, -0.05) is 17.7 Å². The molecule has 1 aromatic heterocycles. The van der Waals surface area contributed by atoms with Crippen LogP contribution >= 0.6 is 11.6 Å². The summed E-state index contributed by atoms with van der Waals surface area (Å²) in [5.41, 5.74) is -1.34. The molecule has 6 heteroatoms. The van der Waals surface area contributed by atoms with Gasteiger partial charge in [-0.05, 0) is 12.1 Å². The molecule has 82 valence electrons. The lowest BCUT2D eigenvalue weighted by Gasteiger charge is -2.04. The molecule has 2 aromatic rings. The molecular weight excluding hydrogens is 237 g/mol. The van der Waals surface area contributed by atoms with Crippen molar-refractivity contribution in [2.75, 3.05) is 0 Å². The maximum absolute atomic E-state index is 13.4. The summed E-state index contributed by atoms with van der Waals surface area (Å²) < 4.78 is 13.4. The van der Waals surface area contributed by atoms with Crippen molar-refractivity contribution in [1.29, 1.82) is 0 Å². The fraction of sp³-hybridized carbons (Fsp3) is 0. The molecule has 0 radical (unpaired) electrons. The molecule has 4 nitrogen and oxygen atoms in total. The van der Waals surface area contributed by atoms with E-state index >= 15 is 0 Å². The van der Waals surface area contributed by atoms with Gasteiger partial charge >= 0.3 is 5.97 Å². The van der Waals surface area contributed by atoms with Gasteiger partial charge in [0.1, 0.15) is 11.4 Å². The van der Waals surface area contributed by atoms with E-state index in [9.17, 15) is 14.0 Å². The Hall–Kier alpha value is -1.88. The van der Waals surface area contributed by atoms with Crippen molar-refractivity contribution in [1.82, 2.24) is 4.98 Å². The molecule has 0 saturated carbocycles. The monoisotopic (exact) mass is 241 g/mol. The van der Waals surface area contributed by atoms with Crippen LogP contribution in [0.3, 0.4) is 0 Å². The molecular formula is C10H5ClFNO3. The van der Waals surface area contributed by atoms with Gasteiger partial charge in [-0.15, -0.1) is 0 Å². The second-order valence-corrected chi connectivity index (χ2v) is 3.49. The number of hydrogen-bond donors (Lipinski definition) is 2. The topological polar surface area (TPSA) is 70.2 Å². The van der Waals surface area contributed by atoms with E-state index in [4.69, 9.17) is 16.7 Å². The molecule has 1 heterocycles. The van der Waals surface area contributed by atoms with Crippen LogP contribution in [0.15, 0.2) is 23.0 Å². The molecule has 0 spiro atoms. The van der Waals surface area contributed by atoms with E-state index < -0.39 is 22.9 Å². The third kappa shape index (κ3) is 1.45. The number of aromatic nitrogens is 1. The van der Waals surface area contributed by atoms with Crippen molar-refractivity contribution in [2.24, 2.45) is 0 Å². The number of carbonyl (C=O) groups is 1. The zero-order valence-electron chi connectivity index (χ0n) is 7.75. The van der Waals surface area contributed by atoms with Crippen molar-refractivity contribution >= 4 is 28.5 Å². The quantitative estimate of drug-likeness (QED) is 0.802. The van der Waals surface area contributed by atoms with Crippen LogP contribution < -0.4 is 5.56 Å². The van der Waals surface area contributed by atoms with Crippen molar-refractivity contribution in [3.63, 3.8) is 0 Å². The van der Waals surface area contributed by atoms with E-state index in [1.165, 1.54) is 12.1 Å². The number of benzene rings is 1. The van der Waals surface area contributed by atoms with E-state index in [1.807, 2.05) is 0 Å². The number of pyridine rings is 1. The van der Waals surface area contributed by atoms with Crippen molar-refractivity contribution < 1.29 is 14.3 Å². The van der Waals surface area contributed by atoms with Gasteiger partial charge in [-0.3, -0.25) is 4.79 Å². The van der Waals surface area contributed by atoms with E-state index in [2.05, 4.69) is 4.98 Å². The molecule has 0 bridgehead atoms. The van der Waals surface area contributed by atoms with Crippen molar-refractivity contribution in [3.8, 4) is 0 Å². The molecule has 0 saturated heterocycles. The van der Waals surface area contributed by atoms with Crippen molar-refractivity contribution in [2.45, 2.75) is 0 Å². The van der Waals surface area contributed by atoms with Crippen LogP contribution in [0.2, 0.25) is 5.02 Å². The zero-order valence-corrected chi connectivity index (χ0v) is 8.51. The minimum Gasteiger partial charge on any atom is -0.477 e. The lowest BCUT2D eigenvalue weighted by Crippen LogP contribution is -2.18. The number of aromatic carboxylic acids is 1. The van der Waals surface area contributed by atoms with Crippen LogP contribution in [-0.2, 0) is 0 Å². The van der Waals surface area contributed by atoms with Crippen molar-refractivity contribution in [3.05, 3.63) is 45.0 Å². The van der Waals surface area contributed by atoms with E-state index in [0.717, 1.165) is 6.07 Å². The highest BCUT2D eigenvalue weighted by molar-refractivity contribution is 6.38. The summed E-state index contributed by atoms with van der Waals surface area (Å²) in [5, 5.41) is 8.29. The van der Waals surface area contributed by atoms with Crippen LogP contribution in [0.25, 0.3) is 10.9 Å². The summed E-state index contributed by atoms with van der Waals surface area (Å²) in [6.07, 6.45) is 0. The highest BCUT2D eigenvalue weighted by Gasteiger charge is 2.18. The first-order valence-electron chi connectivity index (χ1n) is 4.25. The first-order valence-corrected chi connectivity index (χ1v) is 4.63. The smallest absolute Gasteiger partial charge is 0.342 e. The number of rotatable bonds is 1. The number of halogens is 2. The number of aromatic amines is 1. The molecule has 0 fully saturated rings. The first-order chi connectivity index (χ1) is 7.52. The molecule has 0 aliphatic rings. The van der Waals surface area contributed by atoms with Crippen LogP contribution in [0.1, 0.15) is 10.4 Å². The van der Waals surface area contributed by atoms with Gasteiger partial charge in [-0.2, -0.15) is 0 Å². The molecule has 16 heavy (non-hydrogen) atoms. The Bertz CT molecular complexity index is 650. The molecule has 0 amide bonds. The van der Waals surface area contributed by atoms with Gasteiger partial charge in [0.05, 0.1) is 15.9 Å². The Labute approximate surface area is 93.3 Å². The molecule has 1 aromatic carbocycles. The Morgan fingerprint density at radius 3 is 2.75 bits per heavy atom. The summed E-state index contributed by atoms with van der Waals surface area (Å²) in [4.78, 5) is 24.4.